The van der Waals surface area contributed by atoms with Crippen LogP contribution >= 0.6 is 24.0 Å². The first-order valence-electron chi connectivity index (χ1n) is 7.87. The molecule has 0 atom stereocenters. The number of methoxy groups -OCH3 is 1. The summed E-state index contributed by atoms with van der Waals surface area (Å²) < 4.78 is 46.5. The van der Waals surface area contributed by atoms with Crippen LogP contribution in [0.3, 0.4) is 0 Å². The number of aromatic nitrogens is 1. The van der Waals surface area contributed by atoms with E-state index in [0.29, 0.717) is 24.6 Å². The van der Waals surface area contributed by atoms with Crippen molar-refractivity contribution < 1.29 is 22.6 Å². The molecule has 0 aliphatic carbocycles. The Hall–Kier alpha value is -1.30. The van der Waals surface area contributed by atoms with Crippen LogP contribution in [0.15, 0.2) is 23.3 Å². The van der Waals surface area contributed by atoms with Crippen LogP contribution in [0.5, 0.6) is 5.88 Å². The van der Waals surface area contributed by atoms with E-state index in [9.17, 15) is 13.2 Å². The predicted octanol–water partition coefficient (Wildman–Crippen LogP) is 3.12. The Bertz CT molecular complexity index is 569. The molecule has 0 aliphatic rings. The number of guanidine groups is 1. The minimum Gasteiger partial charge on any atom is -0.468 e. The summed E-state index contributed by atoms with van der Waals surface area (Å²) in [5, 5.41) is 6.26. The average molecular weight is 490 g/mol. The molecule has 2 N–H and O–H groups in total. The molecular formula is C16H26F3IN4O2. The Morgan fingerprint density at radius 1 is 1.27 bits per heavy atom. The minimum atomic E-state index is -4.40. The molecule has 1 aromatic heterocycles. The zero-order valence-electron chi connectivity index (χ0n) is 15.3. The van der Waals surface area contributed by atoms with Crippen molar-refractivity contribution in [1.29, 1.82) is 0 Å². The summed E-state index contributed by atoms with van der Waals surface area (Å²) >= 11 is 0. The van der Waals surface area contributed by atoms with E-state index in [1.807, 2.05) is 20.8 Å². The average Bonchev–Trinajstić information content (AvgIpc) is 2.55. The lowest BCUT2D eigenvalue weighted by atomic mass is 10.1. The van der Waals surface area contributed by atoms with E-state index in [-0.39, 0.29) is 42.0 Å². The molecule has 0 aromatic carbocycles. The molecule has 0 spiro atoms. The van der Waals surface area contributed by atoms with E-state index in [2.05, 4.69) is 25.3 Å². The van der Waals surface area contributed by atoms with E-state index in [1.165, 1.54) is 12.3 Å². The number of hydrogen-bond donors (Lipinski definition) is 2. The van der Waals surface area contributed by atoms with Gasteiger partial charge in [0.25, 0.3) is 0 Å². The first kappa shape index (κ1) is 24.7. The summed E-state index contributed by atoms with van der Waals surface area (Å²) in [7, 11) is 1.63. The molecule has 10 heteroatoms. The number of nitrogens with one attached hydrogen (secondary N) is 2. The molecule has 1 heterocycles. The van der Waals surface area contributed by atoms with Crippen molar-refractivity contribution in [3.8, 4) is 5.88 Å². The highest BCUT2D eigenvalue weighted by Gasteiger charge is 2.28. The van der Waals surface area contributed by atoms with E-state index >= 15 is 0 Å². The molecule has 0 bridgehead atoms. The zero-order valence-corrected chi connectivity index (χ0v) is 17.6. The molecular weight excluding hydrogens is 464 g/mol. The van der Waals surface area contributed by atoms with Crippen molar-refractivity contribution in [2.45, 2.75) is 39.1 Å². The molecule has 6 nitrogen and oxygen atoms in total. The van der Waals surface area contributed by atoms with Gasteiger partial charge in [0, 0.05) is 32.5 Å². The maximum atomic E-state index is 12.2. The SMILES string of the molecule is CCNC(=NCc1ccnc(OCC(F)(F)F)c1)NCC(C)(C)OC.I. The number of nitrogens with zero attached hydrogens (tertiary/aromatic N) is 2. The van der Waals surface area contributed by atoms with Gasteiger partial charge in [-0.2, -0.15) is 13.2 Å². The number of aliphatic imine (C=N–C) groups is 1. The lowest BCUT2D eigenvalue weighted by Crippen LogP contribution is -2.45. The zero-order chi connectivity index (χ0) is 18.9. The van der Waals surface area contributed by atoms with E-state index < -0.39 is 12.8 Å². The Morgan fingerprint density at radius 3 is 2.54 bits per heavy atom. The first-order chi connectivity index (χ1) is 11.6. The smallest absolute Gasteiger partial charge is 0.422 e. The fourth-order valence-electron chi connectivity index (χ4n) is 1.66. The molecule has 0 radical (unpaired) electrons. The number of alkyl halides is 3. The third kappa shape index (κ3) is 10.6. The topological polar surface area (TPSA) is 67.8 Å². The van der Waals surface area contributed by atoms with Gasteiger partial charge in [-0.25, -0.2) is 9.98 Å². The number of pyridine rings is 1. The molecule has 0 saturated carbocycles. The summed E-state index contributed by atoms with van der Waals surface area (Å²) in [6.45, 7) is 5.94. The number of rotatable bonds is 8. The molecule has 0 saturated heterocycles. The van der Waals surface area contributed by atoms with Gasteiger partial charge in [-0.1, -0.05) is 0 Å². The van der Waals surface area contributed by atoms with Gasteiger partial charge in [0.1, 0.15) is 0 Å². The van der Waals surface area contributed by atoms with Crippen molar-refractivity contribution >= 4 is 29.9 Å². The van der Waals surface area contributed by atoms with Crippen LogP contribution in [-0.2, 0) is 11.3 Å². The summed E-state index contributed by atoms with van der Waals surface area (Å²) in [6.07, 6.45) is -3.00. The van der Waals surface area contributed by atoms with Crippen LogP contribution in [0.25, 0.3) is 0 Å². The number of ether oxygens (including phenoxy) is 2. The Morgan fingerprint density at radius 2 is 1.96 bits per heavy atom. The highest BCUT2D eigenvalue weighted by atomic mass is 127. The standard InChI is InChI=1S/C16H25F3N4O2.HI/c1-5-20-14(23-10-15(2,3)24-4)22-9-12-6-7-21-13(8-12)25-11-16(17,18)19;/h6-8H,5,9-11H2,1-4H3,(H2,20,22,23);1H. The predicted molar refractivity (Wildman–Crippen MR) is 105 cm³/mol. The van der Waals surface area contributed by atoms with Gasteiger partial charge in [0.05, 0.1) is 12.1 Å². The molecule has 0 fully saturated rings. The lowest BCUT2D eigenvalue weighted by Gasteiger charge is -2.24. The van der Waals surface area contributed by atoms with E-state index in [1.54, 1.807) is 13.2 Å². The number of hydrogen-bond acceptors (Lipinski definition) is 4. The number of halogens is 4. The van der Waals surface area contributed by atoms with E-state index in [4.69, 9.17) is 4.74 Å². The van der Waals surface area contributed by atoms with E-state index in [0.717, 1.165) is 0 Å². The second kappa shape index (κ2) is 11.4. The highest BCUT2D eigenvalue weighted by Crippen LogP contribution is 2.17. The van der Waals surface area contributed by atoms with Gasteiger partial charge >= 0.3 is 6.18 Å². The van der Waals surface area contributed by atoms with Crippen molar-refractivity contribution in [3.63, 3.8) is 0 Å². The second-order valence-corrected chi connectivity index (χ2v) is 5.92. The van der Waals surface area contributed by atoms with Gasteiger partial charge in [0.2, 0.25) is 5.88 Å². The largest absolute Gasteiger partial charge is 0.468 e. The molecule has 26 heavy (non-hydrogen) atoms. The fraction of sp³-hybridized carbons (Fsp3) is 0.625. The third-order valence-electron chi connectivity index (χ3n) is 3.18. The quantitative estimate of drug-likeness (QED) is 0.333. The summed E-state index contributed by atoms with van der Waals surface area (Å²) in [4.78, 5) is 8.17. The molecule has 1 aromatic rings. The van der Waals surface area contributed by atoms with Crippen molar-refractivity contribution in [2.24, 2.45) is 4.99 Å². The normalized spacial score (nSPS) is 12.3. The Labute approximate surface area is 169 Å². The first-order valence-corrected chi connectivity index (χ1v) is 7.87. The van der Waals surface area contributed by atoms with Crippen LogP contribution < -0.4 is 15.4 Å². The van der Waals surface area contributed by atoms with Crippen LogP contribution in [-0.4, -0.2) is 49.5 Å². The van der Waals surface area contributed by atoms with Crippen molar-refractivity contribution in [2.75, 3.05) is 26.8 Å². The highest BCUT2D eigenvalue weighted by molar-refractivity contribution is 14.0. The van der Waals surface area contributed by atoms with Crippen LogP contribution in [0.4, 0.5) is 13.2 Å². The van der Waals surface area contributed by atoms with Crippen LogP contribution in [0.1, 0.15) is 26.3 Å². The van der Waals surface area contributed by atoms with Crippen molar-refractivity contribution in [3.05, 3.63) is 23.9 Å². The fourth-order valence-corrected chi connectivity index (χ4v) is 1.66. The lowest BCUT2D eigenvalue weighted by molar-refractivity contribution is -0.154. The van der Waals surface area contributed by atoms with Crippen LogP contribution in [0, 0.1) is 0 Å². The van der Waals surface area contributed by atoms with Gasteiger partial charge in [-0.3, -0.25) is 0 Å². The Balaban J connectivity index is 0.00000625. The molecule has 150 valence electrons. The maximum Gasteiger partial charge on any atom is 0.422 e. The summed E-state index contributed by atoms with van der Waals surface area (Å²) in [5.41, 5.74) is 0.334. The maximum absolute atomic E-state index is 12.2. The van der Waals surface area contributed by atoms with Gasteiger partial charge in [-0.05, 0) is 32.4 Å². The molecule has 0 amide bonds. The molecule has 0 unspecified atom stereocenters. The van der Waals surface area contributed by atoms with Gasteiger partial charge in [-0.15, -0.1) is 24.0 Å². The third-order valence-corrected chi connectivity index (χ3v) is 3.18. The second-order valence-electron chi connectivity index (χ2n) is 5.92. The van der Waals surface area contributed by atoms with Crippen molar-refractivity contribution in [1.82, 2.24) is 15.6 Å². The Kier molecular flexibility index (Phi) is 10.8. The summed E-state index contributed by atoms with van der Waals surface area (Å²) in [6, 6.07) is 3.12. The van der Waals surface area contributed by atoms with Gasteiger partial charge in [0.15, 0.2) is 12.6 Å². The van der Waals surface area contributed by atoms with Gasteiger partial charge < -0.3 is 20.1 Å². The minimum absolute atomic E-state index is 0. The molecule has 0 aliphatic heterocycles. The molecule has 1 rings (SSSR count). The van der Waals surface area contributed by atoms with Crippen LogP contribution in [0.2, 0.25) is 0 Å². The summed E-state index contributed by atoms with van der Waals surface area (Å²) in [5.74, 6) is 0.505. The monoisotopic (exact) mass is 490 g/mol.